The van der Waals surface area contributed by atoms with Gasteiger partial charge in [-0.1, -0.05) is 6.08 Å². The molecule has 0 heterocycles. The van der Waals surface area contributed by atoms with Gasteiger partial charge < -0.3 is 9.84 Å². The van der Waals surface area contributed by atoms with Gasteiger partial charge in [-0.3, -0.25) is 10.1 Å². The van der Waals surface area contributed by atoms with Gasteiger partial charge in [-0.25, -0.2) is 9.59 Å². The summed E-state index contributed by atoms with van der Waals surface area (Å²) < 4.78 is 4.61. The molecule has 1 N–H and O–H groups in total. The molecule has 18 heavy (non-hydrogen) atoms. The Kier molecular flexibility index (Phi) is 4.14. The highest BCUT2D eigenvalue weighted by Gasteiger charge is 2.17. The summed E-state index contributed by atoms with van der Waals surface area (Å²) in [5.41, 5.74) is -1.03. The van der Waals surface area contributed by atoms with Crippen molar-refractivity contribution < 1.29 is 24.4 Å². The topological polar surface area (TPSA) is 107 Å². The number of esters is 1. The molecule has 0 fully saturated rings. The van der Waals surface area contributed by atoms with Crippen LogP contribution in [-0.4, -0.2) is 22.0 Å². The first-order chi connectivity index (χ1) is 8.45. The summed E-state index contributed by atoms with van der Waals surface area (Å²) in [5, 5.41) is 19.4. The van der Waals surface area contributed by atoms with Gasteiger partial charge in [-0.2, -0.15) is 0 Å². The fraction of sp³-hybridized carbons (Fsp3) is 0.0909. The number of non-ortho nitro benzene ring substituents is 1. The monoisotopic (exact) mass is 251 g/mol. The summed E-state index contributed by atoms with van der Waals surface area (Å²) in [6, 6.07) is 2.84. The summed E-state index contributed by atoms with van der Waals surface area (Å²) in [4.78, 5) is 32.1. The molecule has 0 saturated heterocycles. The molecule has 0 aromatic heterocycles. The van der Waals surface area contributed by atoms with Crippen LogP contribution in [0.3, 0.4) is 0 Å². The number of allylic oxidation sites excluding steroid dienone is 1. The van der Waals surface area contributed by atoms with E-state index in [1.807, 2.05) is 0 Å². The number of aromatic carboxylic acids is 1. The molecule has 0 atom stereocenters. The van der Waals surface area contributed by atoms with Crippen LogP contribution in [0.4, 0.5) is 5.69 Å². The molecule has 0 unspecified atom stereocenters. The highest BCUT2D eigenvalue weighted by molar-refractivity contribution is 5.95. The standard InChI is InChI=1S/C11H9NO6/c1-2-3-18-11(15)8-4-7(10(13)14)5-9(6-8)12(16)17/h2-6H,1H3,(H,13,14). The van der Waals surface area contributed by atoms with Crippen molar-refractivity contribution in [3.63, 3.8) is 0 Å². The van der Waals surface area contributed by atoms with Crippen LogP contribution in [0.5, 0.6) is 0 Å². The molecule has 7 nitrogen and oxygen atoms in total. The zero-order valence-electron chi connectivity index (χ0n) is 9.32. The lowest BCUT2D eigenvalue weighted by atomic mass is 10.1. The largest absolute Gasteiger partial charge is 0.478 e. The van der Waals surface area contributed by atoms with E-state index < -0.39 is 22.5 Å². The molecule has 0 aliphatic heterocycles. The van der Waals surface area contributed by atoms with Crippen LogP contribution in [0.15, 0.2) is 30.5 Å². The number of ether oxygens (including phenoxy) is 1. The lowest BCUT2D eigenvalue weighted by Gasteiger charge is -2.01. The van der Waals surface area contributed by atoms with Crippen molar-refractivity contribution >= 4 is 17.6 Å². The number of carbonyl (C=O) groups is 2. The maximum absolute atomic E-state index is 11.5. The lowest BCUT2D eigenvalue weighted by molar-refractivity contribution is -0.384. The number of carbonyl (C=O) groups excluding carboxylic acids is 1. The first kappa shape index (κ1) is 13.4. The Labute approximate surface area is 101 Å². The maximum Gasteiger partial charge on any atom is 0.343 e. The van der Waals surface area contributed by atoms with Gasteiger partial charge in [-0.15, -0.1) is 0 Å². The Hall–Kier alpha value is -2.70. The number of nitro benzene ring substituents is 1. The summed E-state index contributed by atoms with van der Waals surface area (Å²) in [7, 11) is 0. The van der Waals surface area contributed by atoms with Crippen molar-refractivity contribution in [1.82, 2.24) is 0 Å². The van der Waals surface area contributed by atoms with Gasteiger partial charge in [0.25, 0.3) is 5.69 Å². The second-order valence-electron chi connectivity index (χ2n) is 3.21. The number of nitrogens with zero attached hydrogens (tertiary/aromatic N) is 1. The van der Waals surface area contributed by atoms with Gasteiger partial charge >= 0.3 is 11.9 Å². The zero-order valence-corrected chi connectivity index (χ0v) is 9.32. The van der Waals surface area contributed by atoms with Crippen LogP contribution in [0.1, 0.15) is 27.6 Å². The molecule has 0 radical (unpaired) electrons. The third-order valence-corrected chi connectivity index (χ3v) is 1.92. The van der Waals surface area contributed by atoms with Gasteiger partial charge in [0, 0.05) is 12.1 Å². The average Bonchev–Trinajstić information content (AvgIpc) is 2.35. The Balaban J connectivity index is 3.22. The second-order valence-corrected chi connectivity index (χ2v) is 3.21. The first-order valence-electron chi connectivity index (χ1n) is 4.80. The molecule has 7 heteroatoms. The fourth-order valence-electron chi connectivity index (χ4n) is 1.16. The van der Waals surface area contributed by atoms with E-state index in [1.165, 1.54) is 6.08 Å². The van der Waals surface area contributed by atoms with Gasteiger partial charge in [0.05, 0.1) is 22.3 Å². The Bertz CT molecular complexity index is 502. The van der Waals surface area contributed by atoms with Crippen LogP contribution in [0, 0.1) is 10.1 Å². The highest BCUT2D eigenvalue weighted by Crippen LogP contribution is 2.18. The molecular formula is C11H9NO6. The molecule has 94 valence electrons. The zero-order chi connectivity index (χ0) is 13.7. The smallest absolute Gasteiger partial charge is 0.343 e. The predicted octanol–water partition coefficient (Wildman–Crippen LogP) is 1.98. The Morgan fingerprint density at radius 1 is 1.33 bits per heavy atom. The molecule has 0 bridgehead atoms. The summed E-state index contributed by atoms with van der Waals surface area (Å²) in [6.07, 6.45) is 2.55. The third-order valence-electron chi connectivity index (χ3n) is 1.92. The molecule has 0 aliphatic carbocycles. The number of hydrogen-bond acceptors (Lipinski definition) is 5. The minimum absolute atomic E-state index is 0.195. The van der Waals surface area contributed by atoms with Crippen LogP contribution in [-0.2, 0) is 4.74 Å². The molecular weight excluding hydrogens is 242 g/mol. The van der Waals surface area contributed by atoms with E-state index >= 15 is 0 Å². The summed E-state index contributed by atoms with van der Waals surface area (Å²) in [6.45, 7) is 1.61. The Morgan fingerprint density at radius 2 is 1.94 bits per heavy atom. The van der Waals surface area contributed by atoms with Crippen molar-refractivity contribution in [3.8, 4) is 0 Å². The number of hydrogen-bond donors (Lipinski definition) is 1. The molecule has 0 saturated carbocycles. The summed E-state index contributed by atoms with van der Waals surface area (Å²) >= 11 is 0. The molecule has 1 aromatic carbocycles. The first-order valence-corrected chi connectivity index (χ1v) is 4.80. The number of rotatable bonds is 4. The van der Waals surface area contributed by atoms with Crippen LogP contribution in [0.25, 0.3) is 0 Å². The van der Waals surface area contributed by atoms with Crippen molar-refractivity contribution in [2.24, 2.45) is 0 Å². The minimum atomic E-state index is -1.36. The van der Waals surface area contributed by atoms with E-state index in [0.717, 1.165) is 24.5 Å². The van der Waals surface area contributed by atoms with E-state index in [-0.39, 0.29) is 11.1 Å². The fourth-order valence-corrected chi connectivity index (χ4v) is 1.16. The van der Waals surface area contributed by atoms with Gasteiger partial charge in [0.15, 0.2) is 0 Å². The van der Waals surface area contributed by atoms with Gasteiger partial charge in [0.1, 0.15) is 0 Å². The lowest BCUT2D eigenvalue weighted by Crippen LogP contribution is -2.06. The van der Waals surface area contributed by atoms with E-state index in [4.69, 9.17) is 5.11 Å². The molecule has 1 rings (SSSR count). The van der Waals surface area contributed by atoms with Crippen molar-refractivity contribution in [1.29, 1.82) is 0 Å². The highest BCUT2D eigenvalue weighted by atomic mass is 16.6. The third kappa shape index (κ3) is 3.14. The minimum Gasteiger partial charge on any atom is -0.478 e. The average molecular weight is 251 g/mol. The molecule has 0 spiro atoms. The Morgan fingerprint density at radius 3 is 2.44 bits per heavy atom. The summed E-state index contributed by atoms with van der Waals surface area (Å²) in [5.74, 6) is -2.22. The molecule has 1 aromatic rings. The van der Waals surface area contributed by atoms with Crippen molar-refractivity contribution in [3.05, 3.63) is 51.8 Å². The number of carboxylic acid groups (broad SMARTS) is 1. The SMILES string of the molecule is CC=COC(=O)c1cc(C(=O)O)cc([N+](=O)[O-])c1. The quantitative estimate of drug-likeness (QED) is 0.379. The van der Waals surface area contributed by atoms with Crippen LogP contribution >= 0.6 is 0 Å². The van der Waals surface area contributed by atoms with E-state index in [0.29, 0.717) is 0 Å². The normalized spacial score (nSPS) is 10.3. The van der Waals surface area contributed by atoms with Crippen molar-refractivity contribution in [2.45, 2.75) is 6.92 Å². The second kappa shape index (κ2) is 5.58. The van der Waals surface area contributed by atoms with Crippen molar-refractivity contribution in [2.75, 3.05) is 0 Å². The van der Waals surface area contributed by atoms with E-state index in [9.17, 15) is 19.7 Å². The number of carboxylic acids is 1. The van der Waals surface area contributed by atoms with Crippen LogP contribution < -0.4 is 0 Å². The number of nitro groups is 1. The number of benzene rings is 1. The maximum atomic E-state index is 11.5. The van der Waals surface area contributed by atoms with Gasteiger partial charge in [0.2, 0.25) is 0 Å². The van der Waals surface area contributed by atoms with Gasteiger partial charge in [-0.05, 0) is 13.0 Å². The van der Waals surface area contributed by atoms with Crippen LogP contribution in [0.2, 0.25) is 0 Å². The molecule has 0 aliphatic rings. The van der Waals surface area contributed by atoms with E-state index in [1.54, 1.807) is 6.92 Å². The predicted molar refractivity (Wildman–Crippen MR) is 60.3 cm³/mol. The van der Waals surface area contributed by atoms with E-state index in [2.05, 4.69) is 4.74 Å². The molecule has 0 amide bonds.